The van der Waals surface area contributed by atoms with Gasteiger partial charge in [0.05, 0.1) is 0 Å². The molecule has 0 aliphatic heterocycles. The maximum atomic E-state index is 11.6. The third-order valence-electron chi connectivity index (χ3n) is 2.39. The summed E-state index contributed by atoms with van der Waals surface area (Å²) >= 11 is 0. The molecule has 0 spiro atoms. The Morgan fingerprint density at radius 1 is 1.13 bits per heavy atom. The number of carbonyl (C=O) groups excluding carboxylic acids is 2. The van der Waals surface area contributed by atoms with Gasteiger partial charge in [0.1, 0.15) is 12.1 Å². The molecular weight excluding hydrogens is 196 g/mol. The van der Waals surface area contributed by atoms with E-state index in [1.54, 1.807) is 0 Å². The Morgan fingerprint density at radius 3 is 2.40 bits per heavy atom. The summed E-state index contributed by atoms with van der Waals surface area (Å²) in [6.07, 6.45) is 4.04. The summed E-state index contributed by atoms with van der Waals surface area (Å²) in [6.45, 7) is 0.101. The zero-order valence-electron chi connectivity index (χ0n) is 9.02. The topological polar surface area (TPSA) is 74.6 Å². The Hall–Kier alpha value is -0.740. The lowest BCUT2D eigenvalue weighted by molar-refractivity contribution is -0.125. The largest absolute Gasteiger partial charge is 0.396 e. The van der Waals surface area contributed by atoms with Gasteiger partial charge in [0.25, 0.3) is 0 Å². The van der Waals surface area contributed by atoms with Gasteiger partial charge in [0.2, 0.25) is 0 Å². The average Bonchev–Trinajstić information content (AvgIpc) is 2.24. The Labute approximate surface area is 90.3 Å². The van der Waals surface area contributed by atoms with Gasteiger partial charge in [-0.05, 0) is 19.3 Å². The van der Waals surface area contributed by atoms with Crippen LogP contribution in [-0.2, 0) is 9.59 Å². The third kappa shape index (κ3) is 7.22. The van der Waals surface area contributed by atoms with Crippen LogP contribution in [0.5, 0.6) is 0 Å². The van der Waals surface area contributed by atoms with Gasteiger partial charge in [-0.1, -0.05) is 6.42 Å². The molecular formula is C11H20O4. The first-order valence-corrected chi connectivity index (χ1v) is 5.44. The molecule has 0 aromatic carbocycles. The monoisotopic (exact) mass is 216 g/mol. The molecule has 4 nitrogen and oxygen atoms in total. The molecule has 0 heterocycles. The molecule has 0 fully saturated rings. The van der Waals surface area contributed by atoms with Crippen LogP contribution in [0.2, 0.25) is 0 Å². The summed E-state index contributed by atoms with van der Waals surface area (Å²) in [5.41, 5.74) is 0. The maximum Gasteiger partial charge on any atom is 0.136 e. The molecule has 0 aliphatic rings. The predicted molar refractivity (Wildman–Crippen MR) is 56.4 cm³/mol. The Balaban J connectivity index is 3.75. The molecule has 0 aromatic heterocycles. The summed E-state index contributed by atoms with van der Waals surface area (Å²) in [7, 11) is 0. The fourth-order valence-electron chi connectivity index (χ4n) is 1.47. The number of rotatable bonds is 10. The quantitative estimate of drug-likeness (QED) is 0.416. The standard InChI is InChI=1S/C11H20O4/c12-7-3-1-2-4-11(15)10(5-8-13)6-9-14/h8,10,12,14H,1-7,9H2. The van der Waals surface area contributed by atoms with Crippen molar-refractivity contribution in [2.24, 2.45) is 5.92 Å². The van der Waals surface area contributed by atoms with Crippen LogP contribution in [0, 0.1) is 5.92 Å². The molecule has 15 heavy (non-hydrogen) atoms. The molecule has 1 unspecified atom stereocenters. The molecule has 4 heteroatoms. The van der Waals surface area contributed by atoms with Crippen molar-refractivity contribution in [1.82, 2.24) is 0 Å². The molecule has 0 amide bonds. The van der Waals surface area contributed by atoms with E-state index in [-0.39, 0.29) is 31.3 Å². The highest BCUT2D eigenvalue weighted by atomic mass is 16.3. The van der Waals surface area contributed by atoms with Crippen LogP contribution in [0.1, 0.15) is 38.5 Å². The Bertz CT molecular complexity index is 179. The summed E-state index contributed by atoms with van der Waals surface area (Å²) in [5, 5.41) is 17.3. The molecule has 0 saturated heterocycles. The minimum Gasteiger partial charge on any atom is -0.396 e. The number of unbranched alkanes of at least 4 members (excludes halogenated alkanes) is 2. The zero-order chi connectivity index (χ0) is 11.5. The normalized spacial score (nSPS) is 12.4. The molecule has 2 N–H and O–H groups in total. The highest BCUT2D eigenvalue weighted by Crippen LogP contribution is 2.13. The molecule has 0 aliphatic carbocycles. The molecule has 1 atom stereocenters. The van der Waals surface area contributed by atoms with E-state index in [9.17, 15) is 9.59 Å². The van der Waals surface area contributed by atoms with Gasteiger partial charge >= 0.3 is 0 Å². The summed E-state index contributed by atoms with van der Waals surface area (Å²) in [5.74, 6) is -0.268. The van der Waals surface area contributed by atoms with E-state index < -0.39 is 0 Å². The van der Waals surface area contributed by atoms with Crippen molar-refractivity contribution in [2.45, 2.75) is 38.5 Å². The van der Waals surface area contributed by atoms with Crippen molar-refractivity contribution >= 4 is 12.1 Å². The lowest BCUT2D eigenvalue weighted by Gasteiger charge is -2.10. The van der Waals surface area contributed by atoms with Crippen LogP contribution in [0.4, 0.5) is 0 Å². The van der Waals surface area contributed by atoms with Crippen molar-refractivity contribution in [3.05, 3.63) is 0 Å². The Kier molecular flexibility index (Phi) is 9.32. The van der Waals surface area contributed by atoms with Crippen LogP contribution >= 0.6 is 0 Å². The number of aliphatic hydroxyl groups is 2. The fraction of sp³-hybridized carbons (Fsp3) is 0.818. The average molecular weight is 216 g/mol. The first kappa shape index (κ1) is 14.3. The second kappa shape index (κ2) is 9.80. The van der Waals surface area contributed by atoms with Crippen molar-refractivity contribution < 1.29 is 19.8 Å². The van der Waals surface area contributed by atoms with Crippen molar-refractivity contribution in [3.63, 3.8) is 0 Å². The molecule has 0 rings (SSSR count). The number of ketones is 1. The van der Waals surface area contributed by atoms with Crippen molar-refractivity contribution in [1.29, 1.82) is 0 Å². The number of Topliss-reactive ketones (excluding diaryl/α,β-unsaturated/α-hetero) is 1. The first-order valence-electron chi connectivity index (χ1n) is 5.44. The molecule has 0 radical (unpaired) electrons. The smallest absolute Gasteiger partial charge is 0.136 e. The van der Waals surface area contributed by atoms with Crippen LogP contribution in [0.15, 0.2) is 0 Å². The number of aliphatic hydroxyl groups excluding tert-OH is 2. The summed E-state index contributed by atoms with van der Waals surface area (Å²) < 4.78 is 0. The van der Waals surface area contributed by atoms with Gasteiger partial charge in [0, 0.05) is 32.0 Å². The molecule has 0 aromatic rings. The minimum atomic E-state index is -0.318. The lowest BCUT2D eigenvalue weighted by Crippen LogP contribution is -2.16. The van der Waals surface area contributed by atoms with Gasteiger partial charge in [-0.2, -0.15) is 0 Å². The van der Waals surface area contributed by atoms with E-state index in [1.165, 1.54) is 0 Å². The number of hydrogen-bond donors (Lipinski definition) is 2. The van der Waals surface area contributed by atoms with E-state index in [0.717, 1.165) is 19.1 Å². The zero-order valence-corrected chi connectivity index (χ0v) is 9.02. The number of aldehydes is 1. The van der Waals surface area contributed by atoms with Crippen LogP contribution < -0.4 is 0 Å². The van der Waals surface area contributed by atoms with Gasteiger partial charge < -0.3 is 15.0 Å². The molecule has 88 valence electrons. The van der Waals surface area contributed by atoms with E-state index in [1.807, 2.05) is 0 Å². The highest BCUT2D eigenvalue weighted by molar-refractivity contribution is 5.82. The molecule has 0 bridgehead atoms. The van der Waals surface area contributed by atoms with Gasteiger partial charge in [0.15, 0.2) is 0 Å². The summed E-state index contributed by atoms with van der Waals surface area (Å²) in [6, 6.07) is 0. The maximum absolute atomic E-state index is 11.6. The number of carbonyl (C=O) groups is 2. The SMILES string of the molecule is O=CCC(CCO)C(=O)CCCCCO. The van der Waals surface area contributed by atoms with Gasteiger partial charge in [-0.25, -0.2) is 0 Å². The van der Waals surface area contributed by atoms with E-state index in [0.29, 0.717) is 19.3 Å². The number of hydrogen-bond acceptors (Lipinski definition) is 4. The van der Waals surface area contributed by atoms with Gasteiger partial charge in [-0.15, -0.1) is 0 Å². The fourth-order valence-corrected chi connectivity index (χ4v) is 1.47. The Morgan fingerprint density at radius 2 is 1.87 bits per heavy atom. The second-order valence-electron chi connectivity index (χ2n) is 3.61. The highest BCUT2D eigenvalue weighted by Gasteiger charge is 2.16. The first-order chi connectivity index (χ1) is 7.26. The van der Waals surface area contributed by atoms with Crippen molar-refractivity contribution in [3.8, 4) is 0 Å². The molecule has 0 saturated carbocycles. The van der Waals surface area contributed by atoms with Crippen LogP contribution in [0.3, 0.4) is 0 Å². The minimum absolute atomic E-state index is 0.0501. The van der Waals surface area contributed by atoms with Crippen LogP contribution in [0.25, 0.3) is 0 Å². The predicted octanol–water partition coefficient (Wildman–Crippen LogP) is 0.696. The van der Waals surface area contributed by atoms with Crippen LogP contribution in [-0.4, -0.2) is 35.5 Å². The van der Waals surface area contributed by atoms with Crippen molar-refractivity contribution in [2.75, 3.05) is 13.2 Å². The second-order valence-corrected chi connectivity index (χ2v) is 3.61. The third-order valence-corrected chi connectivity index (χ3v) is 2.39. The van der Waals surface area contributed by atoms with E-state index in [2.05, 4.69) is 0 Å². The van der Waals surface area contributed by atoms with Gasteiger partial charge in [-0.3, -0.25) is 4.79 Å². The van der Waals surface area contributed by atoms with E-state index >= 15 is 0 Å². The summed E-state index contributed by atoms with van der Waals surface area (Å²) in [4.78, 5) is 21.9. The van der Waals surface area contributed by atoms with E-state index in [4.69, 9.17) is 10.2 Å². The lowest BCUT2D eigenvalue weighted by atomic mass is 9.94.